The smallest absolute Gasteiger partial charge is 0.293 e. The molecule has 3 rings (SSSR count). The summed E-state index contributed by atoms with van der Waals surface area (Å²) in [4.78, 5) is 15.9. The topological polar surface area (TPSA) is 55.1 Å². The first-order chi connectivity index (χ1) is 9.72. The first kappa shape index (κ1) is 12.6. The van der Waals surface area contributed by atoms with E-state index in [1.54, 1.807) is 35.8 Å². The van der Waals surface area contributed by atoms with Crippen LogP contribution < -0.4 is 5.32 Å². The Kier molecular flexibility index (Phi) is 3.30. The largest absolute Gasteiger partial charge is 0.451 e. The maximum Gasteiger partial charge on any atom is 0.293 e. The Hall–Kier alpha value is -2.47. The Morgan fingerprint density at radius 2 is 2.20 bits per heavy atom. The Labute approximate surface area is 117 Å². The summed E-state index contributed by atoms with van der Waals surface area (Å²) in [6.45, 7) is 0. The zero-order chi connectivity index (χ0) is 13.9. The monoisotopic (exact) mass is 288 g/mol. The summed E-state index contributed by atoms with van der Waals surface area (Å²) in [6, 6.07) is 9.17. The fraction of sp³-hybridized carbons (Fsp3) is 0. The van der Waals surface area contributed by atoms with E-state index >= 15 is 0 Å². The molecular formula is C14H9FN2O2S. The summed E-state index contributed by atoms with van der Waals surface area (Å²) in [5.74, 6) is -0.149. The molecule has 1 amide bonds. The molecule has 6 heteroatoms. The minimum absolute atomic E-state index is 0.152. The van der Waals surface area contributed by atoms with Gasteiger partial charge in [0, 0.05) is 17.1 Å². The number of carbonyl (C=O) groups is 1. The van der Waals surface area contributed by atoms with Gasteiger partial charge in [-0.1, -0.05) is 12.1 Å². The molecule has 0 radical (unpaired) electrons. The Bertz CT molecular complexity index is 737. The average Bonchev–Trinajstić information content (AvgIpc) is 3.09. The van der Waals surface area contributed by atoms with Gasteiger partial charge in [-0.2, -0.15) is 0 Å². The molecule has 0 spiro atoms. The van der Waals surface area contributed by atoms with Crippen LogP contribution in [0.4, 0.5) is 9.52 Å². The number of furan rings is 1. The normalized spacial score (nSPS) is 10.4. The molecule has 0 bridgehead atoms. The molecule has 2 heterocycles. The van der Waals surface area contributed by atoms with Crippen LogP contribution in [0.25, 0.3) is 11.3 Å². The van der Waals surface area contributed by atoms with Crippen molar-refractivity contribution in [3.8, 4) is 11.3 Å². The lowest BCUT2D eigenvalue weighted by Gasteiger charge is -1.99. The van der Waals surface area contributed by atoms with Crippen LogP contribution >= 0.6 is 11.3 Å². The Morgan fingerprint density at radius 1 is 1.30 bits per heavy atom. The summed E-state index contributed by atoms with van der Waals surface area (Å²) in [7, 11) is 0. The van der Waals surface area contributed by atoms with Crippen molar-refractivity contribution < 1.29 is 13.6 Å². The maximum atomic E-state index is 13.1. The predicted octanol–water partition coefficient (Wildman–Crippen LogP) is 3.79. The quantitative estimate of drug-likeness (QED) is 0.797. The van der Waals surface area contributed by atoms with Crippen molar-refractivity contribution in [2.75, 3.05) is 5.32 Å². The molecule has 0 aliphatic heterocycles. The number of benzene rings is 1. The summed E-state index contributed by atoms with van der Waals surface area (Å²) < 4.78 is 18.6. The second kappa shape index (κ2) is 5.26. The van der Waals surface area contributed by atoms with Gasteiger partial charge in [-0.15, -0.1) is 11.3 Å². The number of rotatable bonds is 3. The van der Waals surface area contributed by atoms with Gasteiger partial charge in [0.1, 0.15) is 11.6 Å². The van der Waals surface area contributed by atoms with Crippen LogP contribution in [0.15, 0.2) is 52.4 Å². The van der Waals surface area contributed by atoms with Crippen LogP contribution in [-0.4, -0.2) is 10.9 Å². The highest BCUT2D eigenvalue weighted by atomic mass is 32.1. The summed E-state index contributed by atoms with van der Waals surface area (Å²) >= 11 is 1.32. The van der Waals surface area contributed by atoms with Crippen LogP contribution in [0.1, 0.15) is 10.6 Å². The highest BCUT2D eigenvalue weighted by Crippen LogP contribution is 2.23. The van der Waals surface area contributed by atoms with E-state index in [0.717, 1.165) is 0 Å². The van der Waals surface area contributed by atoms with E-state index in [1.807, 2.05) is 0 Å². The SMILES string of the molecule is O=C(Nc1nccs1)c1ccc(-c2cccc(F)c2)o1. The summed E-state index contributed by atoms with van der Waals surface area (Å²) in [5, 5.41) is 4.87. The van der Waals surface area contributed by atoms with Gasteiger partial charge < -0.3 is 4.42 Å². The molecule has 4 nitrogen and oxygen atoms in total. The molecule has 0 aliphatic carbocycles. The minimum Gasteiger partial charge on any atom is -0.451 e. The van der Waals surface area contributed by atoms with Crippen molar-refractivity contribution in [3.05, 3.63) is 59.6 Å². The first-order valence-corrected chi connectivity index (χ1v) is 6.67. The fourth-order valence-corrected chi connectivity index (χ4v) is 2.22. The van der Waals surface area contributed by atoms with E-state index in [9.17, 15) is 9.18 Å². The van der Waals surface area contributed by atoms with Gasteiger partial charge in [0.2, 0.25) is 0 Å². The second-order valence-corrected chi connectivity index (χ2v) is 4.86. The Morgan fingerprint density at radius 3 is 2.95 bits per heavy atom. The van der Waals surface area contributed by atoms with Crippen molar-refractivity contribution in [2.24, 2.45) is 0 Å². The molecule has 100 valence electrons. The van der Waals surface area contributed by atoms with E-state index < -0.39 is 0 Å². The third-order valence-electron chi connectivity index (χ3n) is 2.59. The van der Waals surface area contributed by atoms with Crippen molar-refractivity contribution >= 4 is 22.4 Å². The third kappa shape index (κ3) is 2.60. The van der Waals surface area contributed by atoms with Crippen LogP contribution in [0, 0.1) is 5.82 Å². The van der Waals surface area contributed by atoms with Gasteiger partial charge in [-0.25, -0.2) is 9.37 Å². The van der Waals surface area contributed by atoms with E-state index in [-0.39, 0.29) is 17.5 Å². The highest BCUT2D eigenvalue weighted by Gasteiger charge is 2.13. The van der Waals surface area contributed by atoms with Gasteiger partial charge in [-0.05, 0) is 24.3 Å². The number of nitrogens with zero attached hydrogens (tertiary/aromatic N) is 1. The maximum absolute atomic E-state index is 13.1. The van der Waals surface area contributed by atoms with Crippen LogP contribution in [0.5, 0.6) is 0 Å². The van der Waals surface area contributed by atoms with Gasteiger partial charge in [0.25, 0.3) is 5.91 Å². The number of carbonyl (C=O) groups excluding carboxylic acids is 1. The standard InChI is InChI=1S/C14H9FN2O2S/c15-10-3-1-2-9(8-10)11-4-5-12(19-11)13(18)17-14-16-6-7-20-14/h1-8H,(H,16,17,18). The van der Waals surface area contributed by atoms with Crippen molar-refractivity contribution in [1.82, 2.24) is 4.98 Å². The minimum atomic E-state index is -0.386. The highest BCUT2D eigenvalue weighted by molar-refractivity contribution is 7.13. The number of halogens is 1. The lowest BCUT2D eigenvalue weighted by atomic mass is 10.2. The van der Waals surface area contributed by atoms with E-state index in [4.69, 9.17) is 4.42 Å². The number of aromatic nitrogens is 1. The predicted molar refractivity (Wildman–Crippen MR) is 74.2 cm³/mol. The van der Waals surface area contributed by atoms with Crippen molar-refractivity contribution in [3.63, 3.8) is 0 Å². The average molecular weight is 288 g/mol. The fourth-order valence-electron chi connectivity index (χ4n) is 1.70. The number of hydrogen-bond donors (Lipinski definition) is 1. The van der Waals surface area contributed by atoms with Crippen LogP contribution in [0.3, 0.4) is 0 Å². The van der Waals surface area contributed by atoms with Crippen LogP contribution in [0.2, 0.25) is 0 Å². The Balaban J connectivity index is 1.81. The van der Waals surface area contributed by atoms with E-state index in [1.165, 1.54) is 23.5 Å². The lowest BCUT2D eigenvalue weighted by Crippen LogP contribution is -2.10. The zero-order valence-electron chi connectivity index (χ0n) is 10.2. The molecule has 0 aliphatic rings. The molecule has 0 saturated heterocycles. The lowest BCUT2D eigenvalue weighted by molar-refractivity contribution is 0.0997. The number of anilines is 1. The molecule has 1 aromatic carbocycles. The molecule has 20 heavy (non-hydrogen) atoms. The summed E-state index contributed by atoms with van der Waals surface area (Å²) in [5.41, 5.74) is 0.582. The molecular weight excluding hydrogens is 279 g/mol. The van der Waals surface area contributed by atoms with Gasteiger partial charge in [0.05, 0.1) is 0 Å². The number of hydrogen-bond acceptors (Lipinski definition) is 4. The van der Waals surface area contributed by atoms with Crippen LogP contribution in [-0.2, 0) is 0 Å². The number of thiazole rings is 1. The van der Waals surface area contributed by atoms with Gasteiger partial charge in [-0.3, -0.25) is 10.1 Å². The van der Waals surface area contributed by atoms with E-state index in [2.05, 4.69) is 10.3 Å². The molecule has 1 N–H and O–H groups in total. The molecule has 0 fully saturated rings. The first-order valence-electron chi connectivity index (χ1n) is 5.79. The number of amides is 1. The zero-order valence-corrected chi connectivity index (χ0v) is 11.0. The third-order valence-corrected chi connectivity index (χ3v) is 3.28. The summed E-state index contributed by atoms with van der Waals surface area (Å²) in [6.07, 6.45) is 1.60. The van der Waals surface area contributed by atoms with Gasteiger partial charge in [0.15, 0.2) is 10.9 Å². The van der Waals surface area contributed by atoms with Gasteiger partial charge >= 0.3 is 0 Å². The molecule has 2 aromatic heterocycles. The molecule has 0 atom stereocenters. The molecule has 3 aromatic rings. The van der Waals surface area contributed by atoms with E-state index in [0.29, 0.717) is 16.5 Å². The van der Waals surface area contributed by atoms with Crippen molar-refractivity contribution in [1.29, 1.82) is 0 Å². The number of nitrogens with one attached hydrogen (secondary N) is 1. The van der Waals surface area contributed by atoms with Crippen molar-refractivity contribution in [2.45, 2.75) is 0 Å². The second-order valence-electron chi connectivity index (χ2n) is 3.97. The molecule has 0 unspecified atom stereocenters. The molecule has 0 saturated carbocycles.